The van der Waals surface area contributed by atoms with Crippen LogP contribution in [0.3, 0.4) is 0 Å². The summed E-state index contributed by atoms with van der Waals surface area (Å²) in [6.07, 6.45) is 7.70. The maximum atomic E-state index is 12.1. The number of carbonyl (C=O) groups excluding carboxylic acids is 1. The Morgan fingerprint density at radius 3 is 2.83 bits per heavy atom. The van der Waals surface area contributed by atoms with Crippen molar-refractivity contribution in [3.8, 4) is 0 Å². The van der Waals surface area contributed by atoms with Crippen molar-refractivity contribution in [3.63, 3.8) is 0 Å². The van der Waals surface area contributed by atoms with Crippen LogP contribution in [0.2, 0.25) is 0 Å². The second-order valence-electron chi connectivity index (χ2n) is 6.04. The second kappa shape index (κ2) is 8.62. The molecule has 6 nitrogen and oxygen atoms in total. The van der Waals surface area contributed by atoms with Crippen LogP contribution >= 0.6 is 23.1 Å². The molecule has 0 atom stereocenters. The highest BCUT2D eigenvalue weighted by Gasteiger charge is 2.16. The molecule has 1 amide bonds. The topological polar surface area (TPSA) is 80.9 Å². The van der Waals surface area contributed by atoms with Crippen LogP contribution in [-0.4, -0.2) is 32.9 Å². The van der Waals surface area contributed by atoms with Gasteiger partial charge in [0.2, 0.25) is 11.8 Å². The van der Waals surface area contributed by atoms with Crippen molar-refractivity contribution in [2.24, 2.45) is 0 Å². The van der Waals surface area contributed by atoms with E-state index in [1.807, 2.05) is 12.3 Å². The molecule has 2 aromatic rings. The Morgan fingerprint density at radius 1 is 1.33 bits per heavy atom. The number of aryl methyl sites for hydroxylation is 1. The Bertz CT molecular complexity index is 663. The molecule has 1 aliphatic carbocycles. The quantitative estimate of drug-likeness (QED) is 0.624. The lowest BCUT2D eigenvalue weighted by Gasteiger charge is -2.15. The molecule has 24 heavy (non-hydrogen) atoms. The molecule has 0 aromatic carbocycles. The summed E-state index contributed by atoms with van der Waals surface area (Å²) >= 11 is 2.89. The number of amides is 1. The molecule has 1 N–H and O–H groups in total. The average molecular weight is 367 g/mol. The Balaban J connectivity index is 1.43. The number of thioether (sulfide) groups is 1. The third-order valence-corrected chi connectivity index (χ3v) is 5.64. The van der Waals surface area contributed by atoms with Crippen molar-refractivity contribution < 1.29 is 9.21 Å². The highest BCUT2D eigenvalue weighted by Crippen LogP contribution is 2.20. The molecule has 2 aromatic heterocycles. The average Bonchev–Trinajstić information content (AvgIpc) is 3.09. The van der Waals surface area contributed by atoms with Gasteiger partial charge in [-0.15, -0.1) is 21.5 Å². The fraction of sp³-hybridized carbons (Fsp3) is 0.625. The first-order valence-corrected chi connectivity index (χ1v) is 10.2. The Hall–Kier alpha value is -1.41. The van der Waals surface area contributed by atoms with Gasteiger partial charge in [0.1, 0.15) is 0 Å². The zero-order valence-corrected chi connectivity index (χ0v) is 15.4. The number of aromatic nitrogens is 3. The lowest BCUT2D eigenvalue weighted by molar-refractivity contribution is -0.119. The fourth-order valence-electron chi connectivity index (χ4n) is 2.83. The maximum Gasteiger partial charge on any atom is 0.277 e. The minimum atomic E-state index is 0.0433. The van der Waals surface area contributed by atoms with Crippen molar-refractivity contribution in [2.45, 2.75) is 63.1 Å². The first-order valence-electron chi connectivity index (χ1n) is 8.34. The second-order valence-corrected chi connectivity index (χ2v) is 8.03. The van der Waals surface area contributed by atoms with Crippen LogP contribution in [0.1, 0.15) is 55.1 Å². The number of hydrogen-bond donors (Lipinski definition) is 1. The van der Waals surface area contributed by atoms with E-state index in [0.29, 0.717) is 29.3 Å². The summed E-state index contributed by atoms with van der Waals surface area (Å²) in [6, 6.07) is 0.326. The molecule has 1 saturated carbocycles. The molecule has 1 aliphatic rings. The van der Waals surface area contributed by atoms with Crippen LogP contribution in [-0.2, 0) is 11.2 Å². The number of thiazole rings is 1. The van der Waals surface area contributed by atoms with Gasteiger partial charge in [-0.3, -0.25) is 4.79 Å². The molecule has 130 valence electrons. The van der Waals surface area contributed by atoms with Crippen molar-refractivity contribution >= 4 is 29.0 Å². The summed E-state index contributed by atoms with van der Waals surface area (Å²) in [6.45, 7) is 1.97. The lowest BCUT2D eigenvalue weighted by atomic mass is 10.1. The van der Waals surface area contributed by atoms with Crippen LogP contribution in [0.5, 0.6) is 0 Å². The smallest absolute Gasteiger partial charge is 0.277 e. The van der Waals surface area contributed by atoms with Crippen molar-refractivity contribution in [2.75, 3.05) is 5.75 Å². The number of nitrogens with one attached hydrogen (secondary N) is 1. The normalized spacial score (nSPS) is 16.0. The monoisotopic (exact) mass is 366 g/mol. The van der Waals surface area contributed by atoms with Gasteiger partial charge in [0.25, 0.3) is 5.22 Å². The SMILES string of the molecule is Cc1nc(Cc2nnc(SCC(=O)NC3CCCCCC3)o2)cs1. The maximum absolute atomic E-state index is 12.1. The van der Waals surface area contributed by atoms with Gasteiger partial charge in [-0.1, -0.05) is 37.4 Å². The molecule has 0 bridgehead atoms. The predicted molar refractivity (Wildman–Crippen MR) is 94.3 cm³/mol. The van der Waals surface area contributed by atoms with Crippen molar-refractivity contribution in [3.05, 3.63) is 22.0 Å². The summed E-state index contributed by atoms with van der Waals surface area (Å²) in [5, 5.41) is 14.6. The molecule has 1 fully saturated rings. The zero-order valence-electron chi connectivity index (χ0n) is 13.8. The van der Waals surface area contributed by atoms with E-state index in [0.717, 1.165) is 23.5 Å². The van der Waals surface area contributed by atoms with Gasteiger partial charge in [-0.25, -0.2) is 4.98 Å². The molecule has 3 rings (SSSR count). The fourth-order valence-corrected chi connectivity index (χ4v) is 4.04. The predicted octanol–water partition coefficient (Wildman–Crippen LogP) is 3.36. The first kappa shape index (κ1) is 17.4. The van der Waals surface area contributed by atoms with Crippen LogP contribution in [0.15, 0.2) is 15.0 Å². The summed E-state index contributed by atoms with van der Waals surface area (Å²) in [5.74, 6) is 0.891. The molecular formula is C16H22N4O2S2. The van der Waals surface area contributed by atoms with Crippen molar-refractivity contribution in [1.29, 1.82) is 0 Å². The molecule has 0 radical (unpaired) electrons. The van der Waals surface area contributed by atoms with E-state index >= 15 is 0 Å². The van der Waals surface area contributed by atoms with Crippen LogP contribution in [0.25, 0.3) is 0 Å². The standard InChI is InChI=1S/C16H22N4O2S2/c1-11-17-13(9-23-11)8-15-19-20-16(22-15)24-10-14(21)18-12-6-4-2-3-5-7-12/h9,12H,2-8,10H2,1H3,(H,18,21). The molecule has 8 heteroatoms. The van der Waals surface area contributed by atoms with Gasteiger partial charge in [-0.2, -0.15) is 0 Å². The van der Waals surface area contributed by atoms with Crippen LogP contribution in [0.4, 0.5) is 0 Å². The van der Waals surface area contributed by atoms with E-state index < -0.39 is 0 Å². The summed E-state index contributed by atoms with van der Waals surface area (Å²) in [5.41, 5.74) is 0.934. The van der Waals surface area contributed by atoms with Crippen molar-refractivity contribution in [1.82, 2.24) is 20.5 Å². The van der Waals surface area contributed by atoms with Gasteiger partial charge in [0.05, 0.1) is 22.9 Å². The van der Waals surface area contributed by atoms with E-state index in [2.05, 4.69) is 20.5 Å². The summed E-state index contributed by atoms with van der Waals surface area (Å²) in [4.78, 5) is 16.4. The van der Waals surface area contributed by atoms with Gasteiger partial charge in [0, 0.05) is 11.4 Å². The largest absolute Gasteiger partial charge is 0.416 e. The number of nitrogens with zero attached hydrogens (tertiary/aromatic N) is 3. The molecule has 2 heterocycles. The van der Waals surface area contributed by atoms with E-state index in [1.165, 1.54) is 37.4 Å². The van der Waals surface area contributed by atoms with E-state index in [4.69, 9.17) is 4.42 Å². The highest BCUT2D eigenvalue weighted by molar-refractivity contribution is 7.99. The van der Waals surface area contributed by atoms with E-state index in [1.54, 1.807) is 11.3 Å². The van der Waals surface area contributed by atoms with Gasteiger partial charge < -0.3 is 9.73 Å². The summed E-state index contributed by atoms with van der Waals surface area (Å²) < 4.78 is 5.58. The van der Waals surface area contributed by atoms with Gasteiger partial charge in [-0.05, 0) is 19.8 Å². The van der Waals surface area contributed by atoms with Crippen LogP contribution in [0, 0.1) is 6.92 Å². The zero-order chi connectivity index (χ0) is 16.8. The van der Waals surface area contributed by atoms with Gasteiger partial charge in [0.15, 0.2) is 0 Å². The van der Waals surface area contributed by atoms with Gasteiger partial charge >= 0.3 is 0 Å². The third kappa shape index (κ3) is 5.31. The first-order chi connectivity index (χ1) is 11.7. The molecule has 0 aliphatic heterocycles. The Morgan fingerprint density at radius 2 is 2.12 bits per heavy atom. The molecule has 0 saturated heterocycles. The van der Waals surface area contributed by atoms with E-state index in [-0.39, 0.29) is 5.91 Å². The Kier molecular flexibility index (Phi) is 6.25. The minimum absolute atomic E-state index is 0.0433. The molecule has 0 unspecified atom stereocenters. The Labute approximate surface area is 149 Å². The highest BCUT2D eigenvalue weighted by atomic mass is 32.2. The minimum Gasteiger partial charge on any atom is -0.416 e. The lowest BCUT2D eigenvalue weighted by Crippen LogP contribution is -2.35. The molecular weight excluding hydrogens is 344 g/mol. The number of hydrogen-bond acceptors (Lipinski definition) is 7. The number of rotatable bonds is 6. The third-order valence-electron chi connectivity index (χ3n) is 3.99. The van der Waals surface area contributed by atoms with E-state index in [9.17, 15) is 4.79 Å². The summed E-state index contributed by atoms with van der Waals surface area (Å²) in [7, 11) is 0. The number of carbonyl (C=O) groups is 1. The van der Waals surface area contributed by atoms with Crippen LogP contribution < -0.4 is 5.32 Å². The molecule has 0 spiro atoms.